The molecule has 0 amide bonds. The van der Waals surface area contributed by atoms with E-state index >= 15 is 0 Å². The highest BCUT2D eigenvalue weighted by Gasteiger charge is 2.24. The predicted molar refractivity (Wildman–Crippen MR) is 84.3 cm³/mol. The van der Waals surface area contributed by atoms with E-state index in [0.717, 1.165) is 48.9 Å². The smallest absolute Gasteiger partial charge is 0.226 e. The maximum atomic E-state index is 5.90. The molecule has 1 fully saturated rings. The molecule has 0 saturated carbocycles. The summed E-state index contributed by atoms with van der Waals surface area (Å²) in [5, 5.41) is 4.04. The van der Waals surface area contributed by atoms with E-state index in [9.17, 15) is 0 Å². The molecule has 4 nitrogen and oxygen atoms in total. The van der Waals surface area contributed by atoms with E-state index < -0.39 is 0 Å². The Labute approximate surface area is 130 Å². The Hall–Kier alpha value is -1.36. The van der Waals surface area contributed by atoms with Gasteiger partial charge in [0.2, 0.25) is 5.89 Å². The minimum atomic E-state index is 0.626. The van der Waals surface area contributed by atoms with E-state index in [4.69, 9.17) is 16.0 Å². The molecule has 1 aliphatic heterocycles. The number of hydrogen-bond donors (Lipinski definition) is 1. The van der Waals surface area contributed by atoms with Crippen LogP contribution < -0.4 is 5.32 Å². The van der Waals surface area contributed by atoms with Crippen LogP contribution >= 0.6 is 11.6 Å². The zero-order valence-corrected chi connectivity index (χ0v) is 12.9. The van der Waals surface area contributed by atoms with E-state index in [0.29, 0.717) is 11.9 Å². The lowest BCUT2D eigenvalue weighted by Crippen LogP contribution is -2.57. The van der Waals surface area contributed by atoms with Crippen molar-refractivity contribution < 1.29 is 4.42 Å². The minimum Gasteiger partial charge on any atom is -0.444 e. The zero-order chi connectivity index (χ0) is 14.7. The molecular formula is C16H20ClN3O. The molecule has 0 unspecified atom stereocenters. The summed E-state index contributed by atoms with van der Waals surface area (Å²) in [6.07, 6.45) is 2.91. The summed E-state index contributed by atoms with van der Waals surface area (Å²) in [5.74, 6) is 0.657. The average Bonchev–Trinajstić information content (AvgIpc) is 2.86. The molecule has 0 atom stereocenters. The highest BCUT2D eigenvalue weighted by molar-refractivity contribution is 6.30. The van der Waals surface area contributed by atoms with Crippen LogP contribution in [0, 0.1) is 0 Å². The number of oxazole rings is 1. The SMILES string of the molecule is CCCN(Cc1coc(-c2ccc(Cl)cc2)n1)C1CNC1. The van der Waals surface area contributed by atoms with E-state index in [1.165, 1.54) is 0 Å². The first-order chi connectivity index (χ1) is 10.3. The molecule has 0 aliphatic carbocycles. The van der Waals surface area contributed by atoms with E-state index in [1.807, 2.05) is 24.3 Å². The Morgan fingerprint density at radius 3 is 2.71 bits per heavy atom. The maximum Gasteiger partial charge on any atom is 0.226 e. The molecule has 0 spiro atoms. The summed E-state index contributed by atoms with van der Waals surface area (Å²) in [6, 6.07) is 8.18. The second-order valence-corrected chi connectivity index (χ2v) is 5.87. The zero-order valence-electron chi connectivity index (χ0n) is 12.2. The second-order valence-electron chi connectivity index (χ2n) is 5.43. The molecule has 2 aromatic rings. The van der Waals surface area contributed by atoms with Gasteiger partial charge >= 0.3 is 0 Å². The molecular weight excluding hydrogens is 286 g/mol. The maximum absolute atomic E-state index is 5.90. The molecule has 3 rings (SSSR count). The van der Waals surface area contributed by atoms with Crippen molar-refractivity contribution in [1.82, 2.24) is 15.2 Å². The van der Waals surface area contributed by atoms with Gasteiger partial charge in [-0.1, -0.05) is 18.5 Å². The van der Waals surface area contributed by atoms with Gasteiger partial charge in [0, 0.05) is 36.3 Å². The summed E-state index contributed by atoms with van der Waals surface area (Å²) in [4.78, 5) is 7.07. The van der Waals surface area contributed by atoms with Crippen molar-refractivity contribution in [1.29, 1.82) is 0 Å². The third kappa shape index (κ3) is 3.46. The summed E-state index contributed by atoms with van der Waals surface area (Å²) in [5.41, 5.74) is 1.94. The Balaban J connectivity index is 1.70. The number of rotatable bonds is 6. The molecule has 1 aromatic carbocycles. The van der Waals surface area contributed by atoms with E-state index in [1.54, 1.807) is 6.26 Å². The number of aromatic nitrogens is 1. The van der Waals surface area contributed by atoms with Crippen LogP contribution in [0.1, 0.15) is 19.0 Å². The Kier molecular flexibility index (Phi) is 4.58. The minimum absolute atomic E-state index is 0.626. The summed E-state index contributed by atoms with van der Waals surface area (Å²) >= 11 is 5.90. The van der Waals surface area contributed by atoms with Crippen LogP contribution in [-0.4, -0.2) is 35.6 Å². The van der Waals surface area contributed by atoms with Crippen molar-refractivity contribution in [3.63, 3.8) is 0 Å². The van der Waals surface area contributed by atoms with Crippen molar-refractivity contribution >= 4 is 11.6 Å². The molecule has 1 saturated heterocycles. The summed E-state index contributed by atoms with van der Waals surface area (Å²) in [6.45, 7) is 6.29. The lowest BCUT2D eigenvalue weighted by molar-refractivity contribution is 0.136. The van der Waals surface area contributed by atoms with Gasteiger partial charge in [0.1, 0.15) is 6.26 Å². The number of halogens is 1. The van der Waals surface area contributed by atoms with Crippen molar-refractivity contribution in [2.75, 3.05) is 19.6 Å². The van der Waals surface area contributed by atoms with Crippen molar-refractivity contribution in [3.05, 3.63) is 41.2 Å². The van der Waals surface area contributed by atoms with Gasteiger partial charge in [0.25, 0.3) is 0 Å². The number of nitrogens with zero attached hydrogens (tertiary/aromatic N) is 2. The van der Waals surface area contributed by atoms with Crippen LogP contribution in [0.25, 0.3) is 11.5 Å². The van der Waals surface area contributed by atoms with Gasteiger partial charge in [-0.25, -0.2) is 4.98 Å². The van der Waals surface area contributed by atoms with Crippen LogP contribution in [0.3, 0.4) is 0 Å². The van der Waals surface area contributed by atoms with Crippen molar-refractivity contribution in [2.45, 2.75) is 25.9 Å². The van der Waals surface area contributed by atoms with Gasteiger partial charge in [-0.05, 0) is 37.2 Å². The molecule has 2 heterocycles. The first-order valence-corrected chi connectivity index (χ1v) is 7.79. The first-order valence-electron chi connectivity index (χ1n) is 7.41. The third-order valence-electron chi connectivity index (χ3n) is 3.80. The highest BCUT2D eigenvalue weighted by atomic mass is 35.5. The molecule has 1 aliphatic rings. The van der Waals surface area contributed by atoms with Crippen LogP contribution in [-0.2, 0) is 6.54 Å². The van der Waals surface area contributed by atoms with Gasteiger partial charge in [-0.3, -0.25) is 4.90 Å². The predicted octanol–water partition coefficient (Wildman–Crippen LogP) is 3.18. The lowest BCUT2D eigenvalue weighted by Gasteiger charge is -2.37. The largest absolute Gasteiger partial charge is 0.444 e. The van der Waals surface area contributed by atoms with E-state index in [-0.39, 0.29) is 0 Å². The fourth-order valence-corrected chi connectivity index (χ4v) is 2.65. The number of nitrogens with one attached hydrogen (secondary N) is 1. The van der Waals surface area contributed by atoms with Crippen LogP contribution in [0.5, 0.6) is 0 Å². The topological polar surface area (TPSA) is 41.3 Å². The quantitative estimate of drug-likeness (QED) is 0.890. The number of hydrogen-bond acceptors (Lipinski definition) is 4. The third-order valence-corrected chi connectivity index (χ3v) is 4.05. The second kappa shape index (κ2) is 6.60. The Bertz CT molecular complexity index is 577. The van der Waals surface area contributed by atoms with Crippen LogP contribution in [0.2, 0.25) is 5.02 Å². The van der Waals surface area contributed by atoms with Crippen LogP contribution in [0.15, 0.2) is 34.9 Å². The Morgan fingerprint density at radius 2 is 2.10 bits per heavy atom. The van der Waals surface area contributed by atoms with Gasteiger partial charge in [-0.2, -0.15) is 0 Å². The first kappa shape index (κ1) is 14.6. The van der Waals surface area contributed by atoms with Gasteiger partial charge in [0.05, 0.1) is 5.69 Å². The molecule has 112 valence electrons. The monoisotopic (exact) mass is 305 g/mol. The van der Waals surface area contributed by atoms with Gasteiger partial charge in [0.15, 0.2) is 0 Å². The van der Waals surface area contributed by atoms with E-state index in [2.05, 4.69) is 22.1 Å². The number of benzene rings is 1. The molecule has 5 heteroatoms. The summed E-state index contributed by atoms with van der Waals surface area (Å²) in [7, 11) is 0. The molecule has 0 bridgehead atoms. The highest BCUT2D eigenvalue weighted by Crippen LogP contribution is 2.22. The van der Waals surface area contributed by atoms with Crippen molar-refractivity contribution in [3.8, 4) is 11.5 Å². The normalized spacial score (nSPS) is 15.4. The standard InChI is InChI=1S/C16H20ClN3O/c1-2-7-20(15-8-18-9-15)10-14-11-21-16(19-14)12-3-5-13(17)6-4-12/h3-6,11,15,18H,2,7-10H2,1H3. The molecule has 0 radical (unpaired) electrons. The van der Waals surface area contributed by atoms with Gasteiger partial charge < -0.3 is 9.73 Å². The molecule has 1 N–H and O–H groups in total. The fourth-order valence-electron chi connectivity index (χ4n) is 2.52. The average molecular weight is 306 g/mol. The molecule has 1 aromatic heterocycles. The lowest BCUT2D eigenvalue weighted by atomic mass is 10.1. The summed E-state index contributed by atoms with van der Waals surface area (Å²) < 4.78 is 5.60. The van der Waals surface area contributed by atoms with Gasteiger partial charge in [-0.15, -0.1) is 0 Å². The van der Waals surface area contributed by atoms with Crippen LogP contribution in [0.4, 0.5) is 0 Å². The molecule has 21 heavy (non-hydrogen) atoms. The van der Waals surface area contributed by atoms with Crippen molar-refractivity contribution in [2.24, 2.45) is 0 Å². The fraction of sp³-hybridized carbons (Fsp3) is 0.438. The Morgan fingerprint density at radius 1 is 1.33 bits per heavy atom.